The summed E-state index contributed by atoms with van der Waals surface area (Å²) in [5.74, 6) is -0.155. The topological polar surface area (TPSA) is 42.2 Å². The van der Waals surface area contributed by atoms with Gasteiger partial charge in [-0.2, -0.15) is 5.26 Å². The van der Waals surface area contributed by atoms with E-state index in [4.69, 9.17) is 9.47 Å². The molecule has 3 nitrogen and oxygen atoms in total. The summed E-state index contributed by atoms with van der Waals surface area (Å²) >= 11 is 0. The smallest absolute Gasteiger partial charge is 0.168 e. The molecule has 0 aliphatic carbocycles. The molecule has 1 atom stereocenters. The Morgan fingerprint density at radius 1 is 1.56 bits per heavy atom. The Balaban J connectivity index is 2.25. The van der Waals surface area contributed by atoms with E-state index in [0.29, 0.717) is 25.2 Å². The fourth-order valence-electron chi connectivity index (χ4n) is 2.33. The van der Waals surface area contributed by atoms with E-state index in [1.54, 1.807) is 18.2 Å². The maximum absolute atomic E-state index is 14.1. The van der Waals surface area contributed by atoms with Crippen LogP contribution in [-0.4, -0.2) is 20.3 Å². The highest BCUT2D eigenvalue weighted by atomic mass is 19.1. The first-order chi connectivity index (χ1) is 8.71. The van der Waals surface area contributed by atoms with Gasteiger partial charge in [-0.25, -0.2) is 4.39 Å². The number of halogens is 1. The molecule has 1 unspecified atom stereocenters. The number of benzene rings is 1. The number of nitrogens with zero attached hydrogens (tertiary/aromatic N) is 1. The van der Waals surface area contributed by atoms with Crippen molar-refractivity contribution in [2.24, 2.45) is 5.41 Å². The van der Waals surface area contributed by atoms with Crippen LogP contribution in [0.15, 0.2) is 18.2 Å². The van der Waals surface area contributed by atoms with Crippen molar-refractivity contribution in [1.82, 2.24) is 0 Å². The predicted octanol–water partition coefficient (Wildman–Crippen LogP) is 2.70. The molecule has 1 aliphatic heterocycles. The molecule has 0 N–H and O–H groups in total. The summed E-state index contributed by atoms with van der Waals surface area (Å²) in [6.07, 6.45) is 1.96. The van der Waals surface area contributed by atoms with Gasteiger partial charge in [-0.1, -0.05) is 12.1 Å². The van der Waals surface area contributed by atoms with Gasteiger partial charge in [0.1, 0.15) is 0 Å². The summed E-state index contributed by atoms with van der Waals surface area (Å²) < 4.78 is 24.4. The van der Waals surface area contributed by atoms with Crippen LogP contribution in [-0.2, 0) is 11.2 Å². The van der Waals surface area contributed by atoms with Crippen LogP contribution in [0.4, 0.5) is 4.39 Å². The Morgan fingerprint density at radius 3 is 3.00 bits per heavy atom. The Hall–Kier alpha value is -1.60. The van der Waals surface area contributed by atoms with Crippen molar-refractivity contribution in [2.45, 2.75) is 19.3 Å². The number of rotatable bonds is 3. The number of hydrogen-bond donors (Lipinski definition) is 0. The van der Waals surface area contributed by atoms with Crippen molar-refractivity contribution in [3.63, 3.8) is 0 Å². The summed E-state index contributed by atoms with van der Waals surface area (Å²) in [6.45, 7) is 1.06. The third kappa shape index (κ3) is 2.46. The van der Waals surface area contributed by atoms with E-state index < -0.39 is 5.41 Å². The Labute approximate surface area is 106 Å². The van der Waals surface area contributed by atoms with Gasteiger partial charge in [0.2, 0.25) is 0 Å². The molecule has 0 bridgehead atoms. The highest BCUT2D eigenvalue weighted by molar-refractivity contribution is 5.32. The highest BCUT2D eigenvalue weighted by Gasteiger charge is 2.34. The lowest BCUT2D eigenvalue weighted by Gasteiger charge is -2.30. The molecule has 1 heterocycles. The lowest BCUT2D eigenvalue weighted by Crippen LogP contribution is -2.32. The zero-order valence-corrected chi connectivity index (χ0v) is 10.4. The van der Waals surface area contributed by atoms with Gasteiger partial charge in [0.25, 0.3) is 0 Å². The Bertz CT molecular complexity index is 461. The maximum atomic E-state index is 14.1. The van der Waals surface area contributed by atoms with Crippen LogP contribution in [0.3, 0.4) is 0 Å². The van der Waals surface area contributed by atoms with Crippen LogP contribution < -0.4 is 4.74 Å². The molecule has 0 amide bonds. The standard InChI is InChI=1S/C14H16FNO2/c1-17-12-5-2-4-11(13(12)15)8-14(9-16)6-3-7-18-10-14/h2,4-5H,3,6-8,10H2,1H3. The molecule has 0 aromatic heterocycles. The molecule has 0 spiro atoms. The van der Waals surface area contributed by atoms with Crippen molar-refractivity contribution < 1.29 is 13.9 Å². The second-order valence-electron chi connectivity index (χ2n) is 4.66. The van der Waals surface area contributed by atoms with Crippen molar-refractivity contribution in [3.05, 3.63) is 29.6 Å². The number of ether oxygens (including phenoxy) is 2. The molecule has 0 saturated carbocycles. The molecule has 1 aliphatic rings. The molecule has 1 aromatic carbocycles. The minimum Gasteiger partial charge on any atom is -0.494 e. The van der Waals surface area contributed by atoms with Gasteiger partial charge in [0.15, 0.2) is 11.6 Å². The summed E-state index contributed by atoms with van der Waals surface area (Å²) in [7, 11) is 1.44. The molecular weight excluding hydrogens is 233 g/mol. The first kappa shape index (κ1) is 12.8. The van der Waals surface area contributed by atoms with E-state index in [2.05, 4.69) is 6.07 Å². The number of hydrogen-bond acceptors (Lipinski definition) is 3. The van der Waals surface area contributed by atoms with E-state index in [-0.39, 0.29) is 11.6 Å². The van der Waals surface area contributed by atoms with Gasteiger partial charge in [0, 0.05) is 6.61 Å². The average Bonchev–Trinajstić information content (AvgIpc) is 2.42. The minimum absolute atomic E-state index is 0.220. The third-order valence-corrected chi connectivity index (χ3v) is 3.35. The van der Waals surface area contributed by atoms with E-state index >= 15 is 0 Å². The van der Waals surface area contributed by atoms with E-state index in [1.165, 1.54) is 7.11 Å². The zero-order chi connectivity index (χ0) is 13.0. The average molecular weight is 249 g/mol. The number of nitriles is 1. The summed E-state index contributed by atoms with van der Waals surface area (Å²) in [5.41, 5.74) is -0.0905. The summed E-state index contributed by atoms with van der Waals surface area (Å²) in [5, 5.41) is 9.34. The quantitative estimate of drug-likeness (QED) is 0.827. The van der Waals surface area contributed by atoms with E-state index in [1.807, 2.05) is 0 Å². The van der Waals surface area contributed by atoms with E-state index in [9.17, 15) is 9.65 Å². The van der Waals surface area contributed by atoms with Crippen molar-refractivity contribution in [3.8, 4) is 11.8 Å². The van der Waals surface area contributed by atoms with Crippen LogP contribution in [0.5, 0.6) is 5.75 Å². The van der Waals surface area contributed by atoms with Crippen LogP contribution in [0, 0.1) is 22.6 Å². The van der Waals surface area contributed by atoms with Gasteiger partial charge in [-0.3, -0.25) is 0 Å². The van der Waals surface area contributed by atoms with Crippen LogP contribution in [0.1, 0.15) is 18.4 Å². The third-order valence-electron chi connectivity index (χ3n) is 3.35. The highest BCUT2D eigenvalue weighted by Crippen LogP contribution is 2.34. The molecular formula is C14H16FNO2. The molecule has 1 fully saturated rings. The molecule has 2 rings (SSSR count). The van der Waals surface area contributed by atoms with Gasteiger partial charge >= 0.3 is 0 Å². The number of methoxy groups -OCH3 is 1. The van der Waals surface area contributed by atoms with Crippen LogP contribution >= 0.6 is 0 Å². The SMILES string of the molecule is COc1cccc(CC2(C#N)CCCOC2)c1F. The molecule has 1 aromatic rings. The van der Waals surface area contributed by atoms with Crippen LogP contribution in [0.2, 0.25) is 0 Å². The Morgan fingerprint density at radius 2 is 2.39 bits per heavy atom. The van der Waals surface area contributed by atoms with Gasteiger partial charge in [0.05, 0.1) is 25.2 Å². The molecule has 18 heavy (non-hydrogen) atoms. The second-order valence-corrected chi connectivity index (χ2v) is 4.66. The first-order valence-corrected chi connectivity index (χ1v) is 6.01. The zero-order valence-electron chi connectivity index (χ0n) is 10.4. The molecule has 0 radical (unpaired) electrons. The van der Waals surface area contributed by atoms with E-state index in [0.717, 1.165) is 12.8 Å². The largest absolute Gasteiger partial charge is 0.494 e. The molecule has 96 valence electrons. The van der Waals surface area contributed by atoms with Crippen molar-refractivity contribution in [2.75, 3.05) is 20.3 Å². The minimum atomic E-state index is -0.606. The molecule has 1 saturated heterocycles. The fourth-order valence-corrected chi connectivity index (χ4v) is 2.33. The summed E-state index contributed by atoms with van der Waals surface area (Å²) in [4.78, 5) is 0. The lowest BCUT2D eigenvalue weighted by molar-refractivity contribution is 0.0220. The Kier molecular flexibility index (Phi) is 3.83. The van der Waals surface area contributed by atoms with Crippen molar-refractivity contribution in [1.29, 1.82) is 5.26 Å². The van der Waals surface area contributed by atoms with Gasteiger partial charge in [-0.15, -0.1) is 0 Å². The normalized spacial score (nSPS) is 23.4. The first-order valence-electron chi connectivity index (χ1n) is 6.01. The van der Waals surface area contributed by atoms with Gasteiger partial charge < -0.3 is 9.47 Å². The monoisotopic (exact) mass is 249 g/mol. The maximum Gasteiger partial charge on any atom is 0.168 e. The van der Waals surface area contributed by atoms with Crippen molar-refractivity contribution >= 4 is 0 Å². The predicted molar refractivity (Wildman–Crippen MR) is 64.8 cm³/mol. The van der Waals surface area contributed by atoms with Crippen LogP contribution in [0.25, 0.3) is 0 Å². The lowest BCUT2D eigenvalue weighted by atomic mass is 9.78. The van der Waals surface area contributed by atoms with Gasteiger partial charge in [-0.05, 0) is 30.9 Å². The summed E-state index contributed by atoms with van der Waals surface area (Å²) in [6, 6.07) is 7.32. The second kappa shape index (κ2) is 5.36. The fraction of sp³-hybridized carbons (Fsp3) is 0.500. The molecule has 4 heteroatoms.